The molecule has 6 nitrogen and oxygen atoms in total. The van der Waals surface area contributed by atoms with E-state index in [-0.39, 0.29) is 11.9 Å². The van der Waals surface area contributed by atoms with Gasteiger partial charge >= 0.3 is 0 Å². The Bertz CT molecular complexity index is 681. The molecule has 1 atom stereocenters. The van der Waals surface area contributed by atoms with Gasteiger partial charge in [-0.05, 0) is 30.9 Å². The number of nitrogens with zero attached hydrogens (tertiary/aromatic N) is 3. The zero-order valence-corrected chi connectivity index (χ0v) is 12.9. The van der Waals surface area contributed by atoms with Crippen LogP contribution >= 0.6 is 0 Å². The van der Waals surface area contributed by atoms with E-state index in [2.05, 4.69) is 26.4 Å². The van der Waals surface area contributed by atoms with Gasteiger partial charge < -0.3 is 9.84 Å². The fraction of sp³-hybridized carbons (Fsp3) is 0.471. The van der Waals surface area contributed by atoms with E-state index in [0.717, 1.165) is 44.7 Å². The van der Waals surface area contributed by atoms with Gasteiger partial charge in [0.2, 0.25) is 0 Å². The largest absolute Gasteiger partial charge is 0.360 e. The molecular formula is C17H20N4O2. The van der Waals surface area contributed by atoms with Gasteiger partial charge in [-0.25, -0.2) is 0 Å². The first kappa shape index (κ1) is 14.4. The smallest absolute Gasteiger partial charge is 0.273 e. The molecule has 1 amide bonds. The predicted molar refractivity (Wildman–Crippen MR) is 83.9 cm³/mol. The first-order chi connectivity index (χ1) is 11.3. The molecule has 2 aromatic rings. The summed E-state index contributed by atoms with van der Waals surface area (Å²) in [5.41, 5.74) is 1.60. The summed E-state index contributed by atoms with van der Waals surface area (Å²) >= 11 is 0. The summed E-state index contributed by atoms with van der Waals surface area (Å²) in [6, 6.07) is 5.98. The summed E-state index contributed by atoms with van der Waals surface area (Å²) in [7, 11) is 0. The van der Waals surface area contributed by atoms with Crippen molar-refractivity contribution in [3.05, 3.63) is 47.6 Å². The molecule has 0 spiro atoms. The molecule has 1 aliphatic heterocycles. The van der Waals surface area contributed by atoms with Gasteiger partial charge in [0.05, 0.1) is 0 Å². The zero-order valence-electron chi connectivity index (χ0n) is 12.9. The van der Waals surface area contributed by atoms with E-state index >= 15 is 0 Å². The van der Waals surface area contributed by atoms with E-state index in [4.69, 9.17) is 4.52 Å². The second-order valence-corrected chi connectivity index (χ2v) is 6.44. The van der Waals surface area contributed by atoms with Crippen LogP contribution in [0.2, 0.25) is 0 Å². The van der Waals surface area contributed by atoms with Crippen LogP contribution in [0.1, 0.15) is 47.0 Å². The van der Waals surface area contributed by atoms with Crippen molar-refractivity contribution in [3.63, 3.8) is 0 Å². The van der Waals surface area contributed by atoms with Crippen LogP contribution in [0.4, 0.5) is 0 Å². The van der Waals surface area contributed by atoms with E-state index in [0.29, 0.717) is 11.6 Å². The molecule has 6 heteroatoms. The fourth-order valence-corrected chi connectivity index (χ4v) is 3.06. The molecule has 3 heterocycles. The number of carbonyl (C=O) groups is 1. The lowest BCUT2D eigenvalue weighted by atomic mass is 10.2. The first-order valence-corrected chi connectivity index (χ1v) is 8.16. The minimum absolute atomic E-state index is 0.131. The lowest BCUT2D eigenvalue weighted by Crippen LogP contribution is -2.37. The number of amides is 1. The van der Waals surface area contributed by atoms with E-state index in [1.807, 2.05) is 12.3 Å². The van der Waals surface area contributed by atoms with Crippen molar-refractivity contribution in [1.29, 1.82) is 0 Å². The Hall–Kier alpha value is -2.21. The minimum atomic E-state index is -0.131. The van der Waals surface area contributed by atoms with Gasteiger partial charge in [0.15, 0.2) is 5.69 Å². The molecule has 0 aromatic carbocycles. The second kappa shape index (κ2) is 6.12. The highest BCUT2D eigenvalue weighted by Gasteiger charge is 2.30. The van der Waals surface area contributed by atoms with Crippen molar-refractivity contribution in [2.75, 3.05) is 13.1 Å². The molecule has 1 aliphatic carbocycles. The van der Waals surface area contributed by atoms with E-state index in [1.54, 1.807) is 12.3 Å². The Morgan fingerprint density at radius 3 is 3.09 bits per heavy atom. The van der Waals surface area contributed by atoms with Crippen molar-refractivity contribution in [2.45, 2.75) is 37.8 Å². The molecule has 2 fully saturated rings. The number of hydrogen-bond acceptors (Lipinski definition) is 5. The van der Waals surface area contributed by atoms with Crippen LogP contribution in [-0.2, 0) is 6.54 Å². The van der Waals surface area contributed by atoms with Crippen molar-refractivity contribution in [1.82, 2.24) is 20.4 Å². The Morgan fingerprint density at radius 1 is 1.39 bits per heavy atom. The van der Waals surface area contributed by atoms with Gasteiger partial charge in [-0.1, -0.05) is 11.2 Å². The molecule has 2 aromatic heterocycles. The van der Waals surface area contributed by atoms with Crippen molar-refractivity contribution in [2.24, 2.45) is 0 Å². The van der Waals surface area contributed by atoms with Gasteiger partial charge in [-0.2, -0.15) is 0 Å². The Labute approximate surface area is 134 Å². The van der Waals surface area contributed by atoms with Crippen LogP contribution in [0.5, 0.6) is 0 Å². The number of pyridine rings is 1. The molecular weight excluding hydrogens is 292 g/mol. The Kier molecular flexibility index (Phi) is 3.83. The van der Waals surface area contributed by atoms with Crippen molar-refractivity contribution < 1.29 is 9.32 Å². The summed E-state index contributed by atoms with van der Waals surface area (Å²) in [4.78, 5) is 18.7. The van der Waals surface area contributed by atoms with Crippen LogP contribution in [0.25, 0.3) is 0 Å². The molecule has 120 valence electrons. The fourth-order valence-electron chi connectivity index (χ4n) is 3.06. The van der Waals surface area contributed by atoms with Gasteiger partial charge in [-0.3, -0.25) is 14.7 Å². The second-order valence-electron chi connectivity index (χ2n) is 6.44. The number of likely N-dealkylation sites (tertiary alicyclic amines) is 1. The number of rotatable bonds is 5. The minimum Gasteiger partial charge on any atom is -0.360 e. The van der Waals surface area contributed by atoms with Crippen LogP contribution in [0.15, 0.2) is 35.1 Å². The monoisotopic (exact) mass is 312 g/mol. The number of carbonyl (C=O) groups excluding carboxylic acids is 1. The molecule has 1 unspecified atom stereocenters. The Balaban J connectivity index is 1.30. The molecule has 2 aliphatic rings. The standard InChI is InChI=1S/C17H20N4O2/c22-17(15-8-16(23-20-15)13-3-4-13)19-14-5-7-21(11-14)10-12-2-1-6-18-9-12/h1-2,6,8-9,13-14H,3-5,7,10-11H2,(H,19,22). The van der Waals surface area contributed by atoms with Crippen molar-refractivity contribution >= 4 is 5.91 Å². The summed E-state index contributed by atoms with van der Waals surface area (Å²) in [6.45, 7) is 2.70. The maximum Gasteiger partial charge on any atom is 0.273 e. The lowest BCUT2D eigenvalue weighted by molar-refractivity contribution is 0.0928. The lowest BCUT2D eigenvalue weighted by Gasteiger charge is -2.16. The molecule has 0 radical (unpaired) electrons. The maximum atomic E-state index is 12.3. The van der Waals surface area contributed by atoms with E-state index < -0.39 is 0 Å². The molecule has 23 heavy (non-hydrogen) atoms. The molecule has 1 saturated heterocycles. The van der Waals surface area contributed by atoms with Gasteiger partial charge in [-0.15, -0.1) is 0 Å². The SMILES string of the molecule is O=C(NC1CCN(Cc2cccnc2)C1)c1cc(C2CC2)on1. The molecule has 0 bridgehead atoms. The number of nitrogens with one attached hydrogen (secondary N) is 1. The topological polar surface area (TPSA) is 71.3 Å². The predicted octanol–water partition coefficient (Wildman–Crippen LogP) is 1.95. The third kappa shape index (κ3) is 3.42. The highest BCUT2D eigenvalue weighted by atomic mass is 16.5. The summed E-state index contributed by atoms with van der Waals surface area (Å²) in [6.07, 6.45) is 6.91. The maximum absolute atomic E-state index is 12.3. The summed E-state index contributed by atoms with van der Waals surface area (Å²) in [5, 5.41) is 6.96. The van der Waals surface area contributed by atoms with Gasteiger partial charge in [0.25, 0.3) is 5.91 Å². The number of aromatic nitrogens is 2. The highest BCUT2D eigenvalue weighted by Crippen LogP contribution is 2.40. The third-order valence-corrected chi connectivity index (χ3v) is 4.48. The Morgan fingerprint density at radius 2 is 2.30 bits per heavy atom. The molecule has 4 rings (SSSR count). The average molecular weight is 312 g/mol. The van der Waals surface area contributed by atoms with Crippen LogP contribution in [0.3, 0.4) is 0 Å². The van der Waals surface area contributed by atoms with Gasteiger partial charge in [0.1, 0.15) is 5.76 Å². The van der Waals surface area contributed by atoms with Crippen LogP contribution in [0, 0.1) is 0 Å². The highest BCUT2D eigenvalue weighted by molar-refractivity contribution is 5.92. The zero-order chi connectivity index (χ0) is 15.6. The van der Waals surface area contributed by atoms with E-state index in [1.165, 1.54) is 5.56 Å². The summed E-state index contributed by atoms with van der Waals surface area (Å²) < 4.78 is 5.25. The van der Waals surface area contributed by atoms with E-state index in [9.17, 15) is 4.79 Å². The van der Waals surface area contributed by atoms with Crippen molar-refractivity contribution in [3.8, 4) is 0 Å². The molecule has 1 saturated carbocycles. The first-order valence-electron chi connectivity index (χ1n) is 8.16. The van der Waals surface area contributed by atoms with Crippen LogP contribution < -0.4 is 5.32 Å². The quantitative estimate of drug-likeness (QED) is 0.913. The summed E-state index contributed by atoms with van der Waals surface area (Å²) in [5.74, 6) is 1.19. The third-order valence-electron chi connectivity index (χ3n) is 4.48. The van der Waals surface area contributed by atoms with Crippen LogP contribution in [-0.4, -0.2) is 40.1 Å². The normalized spacial score (nSPS) is 21.5. The molecule has 1 N–H and O–H groups in total. The number of hydrogen-bond donors (Lipinski definition) is 1. The average Bonchev–Trinajstić information content (AvgIpc) is 3.13. The van der Waals surface area contributed by atoms with Gasteiger partial charge in [0, 0.05) is 50.1 Å².